The van der Waals surface area contributed by atoms with E-state index in [0.29, 0.717) is 18.3 Å². The summed E-state index contributed by atoms with van der Waals surface area (Å²) in [5, 5.41) is 3.53. The number of ether oxygens (including phenoxy) is 1. The van der Waals surface area contributed by atoms with Crippen molar-refractivity contribution < 1.29 is 14.4 Å². The van der Waals surface area contributed by atoms with Gasteiger partial charge in [0.25, 0.3) is 5.91 Å². The summed E-state index contributed by atoms with van der Waals surface area (Å²) in [6, 6.07) is 1.19. The highest BCUT2D eigenvalue weighted by atomic mass is 16.8. The third-order valence-corrected chi connectivity index (χ3v) is 6.15. The second kappa shape index (κ2) is 10.8. The first-order valence-corrected chi connectivity index (χ1v) is 11.3. The van der Waals surface area contributed by atoms with E-state index < -0.39 is 0 Å². The number of aromatic nitrogens is 2. The smallest absolute Gasteiger partial charge is 0.267 e. The summed E-state index contributed by atoms with van der Waals surface area (Å²) < 4.78 is 5.41. The third-order valence-electron chi connectivity index (χ3n) is 6.15. The van der Waals surface area contributed by atoms with Crippen LogP contribution in [0.5, 0.6) is 0 Å². The molecule has 2 aliphatic heterocycles. The molecule has 3 aliphatic rings. The molecule has 1 unspecified atom stereocenters. The van der Waals surface area contributed by atoms with Crippen LogP contribution < -0.4 is 10.8 Å². The van der Waals surface area contributed by atoms with Gasteiger partial charge in [0.05, 0.1) is 18.1 Å². The van der Waals surface area contributed by atoms with Crippen molar-refractivity contribution in [3.05, 3.63) is 24.2 Å². The minimum atomic E-state index is -0.356. The maximum Gasteiger partial charge on any atom is 0.267 e. The van der Waals surface area contributed by atoms with Gasteiger partial charge in [-0.3, -0.25) is 14.7 Å². The van der Waals surface area contributed by atoms with Gasteiger partial charge in [-0.05, 0) is 51.1 Å². The van der Waals surface area contributed by atoms with Crippen molar-refractivity contribution in [3.8, 4) is 0 Å². The number of carbonyl (C=O) groups is 1. The lowest BCUT2D eigenvalue weighted by Crippen LogP contribution is -2.46. The molecule has 4 rings (SSSR count). The zero-order chi connectivity index (χ0) is 20.6. The largest absolute Gasteiger partial charge is 0.365 e. The van der Waals surface area contributed by atoms with Crippen molar-refractivity contribution in [1.82, 2.24) is 20.3 Å². The number of nitrogens with one attached hydrogen (secondary N) is 2. The number of amides is 1. The molecule has 0 radical (unpaired) electrons. The van der Waals surface area contributed by atoms with Gasteiger partial charge in [0.15, 0.2) is 6.29 Å². The molecule has 2 saturated heterocycles. The van der Waals surface area contributed by atoms with Crippen molar-refractivity contribution in [2.24, 2.45) is 0 Å². The average Bonchev–Trinajstić information content (AvgIpc) is 3.33. The number of hydrogen-bond acceptors (Lipinski definition) is 7. The van der Waals surface area contributed by atoms with E-state index in [-0.39, 0.29) is 12.2 Å². The fraction of sp³-hybridized carbons (Fsp3) is 0.682. The lowest BCUT2D eigenvalue weighted by molar-refractivity contribution is -0.198. The van der Waals surface area contributed by atoms with E-state index in [2.05, 4.69) is 25.7 Å². The van der Waals surface area contributed by atoms with Crippen molar-refractivity contribution in [2.75, 3.05) is 25.0 Å². The van der Waals surface area contributed by atoms with E-state index in [9.17, 15) is 4.79 Å². The minimum Gasteiger partial charge on any atom is -0.365 e. The van der Waals surface area contributed by atoms with Crippen molar-refractivity contribution in [2.45, 2.75) is 76.2 Å². The molecule has 8 nitrogen and oxygen atoms in total. The van der Waals surface area contributed by atoms with E-state index in [1.54, 1.807) is 18.5 Å². The predicted octanol–water partition coefficient (Wildman–Crippen LogP) is 2.88. The summed E-state index contributed by atoms with van der Waals surface area (Å²) in [5.74, 6) is 0.440. The van der Waals surface area contributed by atoms with Crippen LogP contribution in [0.25, 0.3) is 6.08 Å². The maximum absolute atomic E-state index is 11.9. The van der Waals surface area contributed by atoms with E-state index >= 15 is 0 Å². The Balaban J connectivity index is 1.21. The molecule has 0 aromatic carbocycles. The second-order valence-electron chi connectivity index (χ2n) is 8.46. The van der Waals surface area contributed by atoms with Crippen LogP contribution in [0.1, 0.15) is 63.5 Å². The molecule has 164 valence electrons. The molecule has 1 amide bonds. The molecule has 1 saturated carbocycles. The Kier molecular flexibility index (Phi) is 7.66. The first-order valence-electron chi connectivity index (χ1n) is 11.3. The topological polar surface area (TPSA) is 88.6 Å². The number of carbonyl (C=O) groups excluding carboxylic acids is 1. The van der Waals surface area contributed by atoms with Crippen LogP contribution in [0.2, 0.25) is 0 Å². The van der Waals surface area contributed by atoms with Crippen molar-refractivity contribution >= 4 is 17.8 Å². The molecule has 1 aliphatic carbocycles. The monoisotopic (exact) mass is 415 g/mol. The van der Waals surface area contributed by atoms with Crippen molar-refractivity contribution in [3.63, 3.8) is 0 Å². The molecule has 8 heteroatoms. The highest BCUT2D eigenvalue weighted by Gasteiger charge is 2.27. The standard InChI is InChI=1S/C22H33N5O3/c28-21(26-30-22-9-3-4-13-29-22)11-10-17-14-24-20(15-23-17)25-18-6-5-12-27(16-18)19-7-1-2-8-19/h10-11,14-15,18-19,22H,1-9,12-13,16H2,(H,24,25)(H,26,28)/t18-,22?/m1/s1. The number of hydrogen-bond donors (Lipinski definition) is 2. The zero-order valence-corrected chi connectivity index (χ0v) is 17.6. The number of rotatable bonds is 7. The van der Waals surface area contributed by atoms with Gasteiger partial charge >= 0.3 is 0 Å². The Morgan fingerprint density at radius 2 is 1.97 bits per heavy atom. The van der Waals surface area contributed by atoms with Crippen molar-refractivity contribution in [1.29, 1.82) is 0 Å². The first-order chi connectivity index (χ1) is 14.8. The first kappa shape index (κ1) is 21.2. The Bertz CT molecular complexity index is 699. The number of anilines is 1. The van der Waals surface area contributed by atoms with Crippen LogP contribution in [0.3, 0.4) is 0 Å². The van der Waals surface area contributed by atoms with Crippen LogP contribution in [0.4, 0.5) is 5.82 Å². The van der Waals surface area contributed by atoms with Crippen LogP contribution in [-0.4, -0.2) is 58.8 Å². The summed E-state index contributed by atoms with van der Waals surface area (Å²) in [7, 11) is 0. The van der Waals surface area contributed by atoms with Crippen LogP contribution in [-0.2, 0) is 14.4 Å². The van der Waals surface area contributed by atoms with Gasteiger partial charge in [-0.1, -0.05) is 12.8 Å². The molecule has 2 N–H and O–H groups in total. The van der Waals surface area contributed by atoms with Gasteiger partial charge in [-0.15, -0.1) is 0 Å². The lowest BCUT2D eigenvalue weighted by atomic mass is 10.0. The molecule has 1 aromatic rings. The lowest BCUT2D eigenvalue weighted by Gasteiger charge is -2.37. The summed E-state index contributed by atoms with van der Waals surface area (Å²) >= 11 is 0. The molecular formula is C22H33N5O3. The Hall–Kier alpha value is -2.03. The number of hydroxylamine groups is 1. The Morgan fingerprint density at radius 1 is 1.10 bits per heavy atom. The highest BCUT2D eigenvalue weighted by molar-refractivity contribution is 5.90. The van der Waals surface area contributed by atoms with E-state index in [4.69, 9.17) is 9.57 Å². The highest BCUT2D eigenvalue weighted by Crippen LogP contribution is 2.26. The zero-order valence-electron chi connectivity index (χ0n) is 17.6. The van der Waals surface area contributed by atoms with Gasteiger partial charge in [0.1, 0.15) is 5.82 Å². The normalized spacial score (nSPS) is 26.1. The fourth-order valence-corrected chi connectivity index (χ4v) is 4.56. The van der Waals surface area contributed by atoms with E-state index in [0.717, 1.165) is 44.1 Å². The predicted molar refractivity (Wildman–Crippen MR) is 114 cm³/mol. The molecule has 30 heavy (non-hydrogen) atoms. The fourth-order valence-electron chi connectivity index (χ4n) is 4.56. The molecule has 0 spiro atoms. The Labute approximate surface area is 178 Å². The summed E-state index contributed by atoms with van der Waals surface area (Å²) in [5.41, 5.74) is 3.03. The average molecular weight is 416 g/mol. The second-order valence-corrected chi connectivity index (χ2v) is 8.46. The summed E-state index contributed by atoms with van der Waals surface area (Å²) in [6.07, 6.45) is 16.8. The van der Waals surface area contributed by atoms with Gasteiger partial charge in [-0.25, -0.2) is 15.3 Å². The summed E-state index contributed by atoms with van der Waals surface area (Å²) in [4.78, 5) is 28.7. The van der Waals surface area contributed by atoms with Gasteiger partial charge < -0.3 is 10.1 Å². The van der Waals surface area contributed by atoms with Gasteiger partial charge in [0.2, 0.25) is 0 Å². The molecule has 3 heterocycles. The SMILES string of the molecule is O=C(C=Cc1cnc(N[C@@H]2CCCN(C3CCCC3)C2)cn1)NOC1CCCCO1. The van der Waals surface area contributed by atoms with Crippen LogP contribution in [0, 0.1) is 0 Å². The van der Waals surface area contributed by atoms with E-state index in [1.807, 2.05) is 0 Å². The number of likely N-dealkylation sites (tertiary alicyclic amines) is 1. The quantitative estimate of drug-likeness (QED) is 0.523. The minimum absolute atomic E-state index is 0.345. The maximum atomic E-state index is 11.9. The Morgan fingerprint density at radius 3 is 2.73 bits per heavy atom. The van der Waals surface area contributed by atoms with Crippen LogP contribution in [0.15, 0.2) is 18.5 Å². The molecule has 3 fully saturated rings. The van der Waals surface area contributed by atoms with E-state index in [1.165, 1.54) is 44.7 Å². The molecule has 2 atom stereocenters. The molecule has 0 bridgehead atoms. The molecular weight excluding hydrogens is 382 g/mol. The molecule has 1 aromatic heterocycles. The van der Waals surface area contributed by atoms with Gasteiger partial charge in [0, 0.05) is 37.7 Å². The third kappa shape index (κ3) is 6.23. The number of nitrogens with zero attached hydrogens (tertiary/aromatic N) is 3. The van der Waals surface area contributed by atoms with Gasteiger partial charge in [-0.2, -0.15) is 0 Å². The summed E-state index contributed by atoms with van der Waals surface area (Å²) in [6.45, 7) is 2.97. The van der Waals surface area contributed by atoms with Crippen LogP contribution >= 0.6 is 0 Å². The number of piperidine rings is 1.